The van der Waals surface area contributed by atoms with E-state index in [1.807, 2.05) is 0 Å². The van der Waals surface area contributed by atoms with E-state index in [0.717, 1.165) is 16.5 Å². The van der Waals surface area contributed by atoms with Gasteiger partial charge >= 0.3 is 0 Å². The second-order valence-corrected chi connectivity index (χ2v) is 5.31. The van der Waals surface area contributed by atoms with Gasteiger partial charge in [0.1, 0.15) is 0 Å². The minimum atomic E-state index is 0.488. The molecule has 1 aromatic carbocycles. The van der Waals surface area contributed by atoms with Crippen LogP contribution in [0, 0.1) is 13.8 Å². The molecule has 0 saturated carbocycles. The standard InChI is InChI=1S/C14H17N3S/c1-10-3-11(2)5-12(4-10)9-18-14-16-7-13(6-15)8-17-14/h3-5,7-8H,6,9,15H2,1-2H3. The summed E-state index contributed by atoms with van der Waals surface area (Å²) in [7, 11) is 0. The third kappa shape index (κ3) is 3.55. The normalized spacial score (nSPS) is 10.6. The molecule has 0 radical (unpaired) electrons. The molecule has 0 amide bonds. The molecule has 1 heterocycles. The lowest BCUT2D eigenvalue weighted by molar-refractivity contribution is 0.913. The molecule has 3 nitrogen and oxygen atoms in total. The van der Waals surface area contributed by atoms with E-state index in [1.165, 1.54) is 16.7 Å². The third-order valence-electron chi connectivity index (χ3n) is 2.57. The van der Waals surface area contributed by atoms with Crippen molar-refractivity contribution in [3.63, 3.8) is 0 Å². The average Bonchev–Trinajstić information content (AvgIpc) is 2.36. The van der Waals surface area contributed by atoms with Gasteiger partial charge in [-0.25, -0.2) is 9.97 Å². The van der Waals surface area contributed by atoms with E-state index in [0.29, 0.717) is 6.54 Å². The van der Waals surface area contributed by atoms with Crippen LogP contribution < -0.4 is 5.73 Å². The van der Waals surface area contributed by atoms with E-state index in [9.17, 15) is 0 Å². The first-order valence-electron chi connectivity index (χ1n) is 5.88. The minimum absolute atomic E-state index is 0.488. The number of hydrogen-bond donors (Lipinski definition) is 1. The second-order valence-electron chi connectivity index (χ2n) is 4.36. The highest BCUT2D eigenvalue weighted by Crippen LogP contribution is 2.20. The van der Waals surface area contributed by atoms with Gasteiger partial charge in [0.15, 0.2) is 5.16 Å². The summed E-state index contributed by atoms with van der Waals surface area (Å²) in [5.41, 5.74) is 10.4. The van der Waals surface area contributed by atoms with E-state index >= 15 is 0 Å². The Morgan fingerprint density at radius 3 is 2.17 bits per heavy atom. The molecule has 0 saturated heterocycles. The lowest BCUT2D eigenvalue weighted by atomic mass is 10.1. The molecule has 0 aliphatic carbocycles. The van der Waals surface area contributed by atoms with Gasteiger partial charge in [0, 0.05) is 30.3 Å². The third-order valence-corrected chi connectivity index (χ3v) is 3.51. The monoisotopic (exact) mass is 259 g/mol. The molecule has 4 heteroatoms. The molecule has 2 rings (SSSR count). The molecule has 2 N–H and O–H groups in total. The van der Waals surface area contributed by atoms with Crippen molar-refractivity contribution in [2.24, 2.45) is 5.73 Å². The molecule has 1 aromatic heterocycles. The van der Waals surface area contributed by atoms with Gasteiger partial charge in [-0.2, -0.15) is 0 Å². The maximum atomic E-state index is 5.51. The number of hydrogen-bond acceptors (Lipinski definition) is 4. The predicted molar refractivity (Wildman–Crippen MR) is 75.4 cm³/mol. The summed E-state index contributed by atoms with van der Waals surface area (Å²) >= 11 is 1.65. The summed E-state index contributed by atoms with van der Waals surface area (Å²) in [6, 6.07) is 6.59. The van der Waals surface area contributed by atoms with Crippen LogP contribution in [0.2, 0.25) is 0 Å². The van der Waals surface area contributed by atoms with Crippen LogP contribution >= 0.6 is 11.8 Å². The lowest BCUT2D eigenvalue weighted by Crippen LogP contribution is -1.98. The number of rotatable bonds is 4. The van der Waals surface area contributed by atoms with Crippen LogP contribution in [0.5, 0.6) is 0 Å². The van der Waals surface area contributed by atoms with Crippen LogP contribution in [0.4, 0.5) is 0 Å². The lowest BCUT2D eigenvalue weighted by Gasteiger charge is -2.04. The zero-order valence-corrected chi connectivity index (χ0v) is 11.5. The molecule has 0 fully saturated rings. The summed E-state index contributed by atoms with van der Waals surface area (Å²) in [6.45, 7) is 4.73. The zero-order valence-electron chi connectivity index (χ0n) is 10.7. The molecule has 0 unspecified atom stereocenters. The van der Waals surface area contributed by atoms with Crippen LogP contribution in [0.25, 0.3) is 0 Å². The number of aryl methyl sites for hydroxylation is 2. The molecular formula is C14H17N3S. The fourth-order valence-corrected chi connectivity index (χ4v) is 2.54. The van der Waals surface area contributed by atoms with Crippen molar-refractivity contribution in [2.45, 2.75) is 31.3 Å². The largest absolute Gasteiger partial charge is 0.326 e. The van der Waals surface area contributed by atoms with Gasteiger partial charge in [-0.15, -0.1) is 0 Å². The summed E-state index contributed by atoms with van der Waals surface area (Å²) in [5.74, 6) is 0.893. The summed E-state index contributed by atoms with van der Waals surface area (Å²) in [6.07, 6.45) is 3.58. The van der Waals surface area contributed by atoms with Crippen molar-refractivity contribution in [2.75, 3.05) is 0 Å². The molecule has 0 aliphatic rings. The Hall–Kier alpha value is -1.39. The van der Waals surface area contributed by atoms with Gasteiger partial charge in [0.25, 0.3) is 0 Å². The summed E-state index contributed by atoms with van der Waals surface area (Å²) in [4.78, 5) is 8.56. The molecule has 0 aliphatic heterocycles. The highest BCUT2D eigenvalue weighted by molar-refractivity contribution is 7.98. The van der Waals surface area contributed by atoms with E-state index < -0.39 is 0 Å². The van der Waals surface area contributed by atoms with E-state index in [-0.39, 0.29) is 0 Å². The highest BCUT2D eigenvalue weighted by atomic mass is 32.2. The number of aromatic nitrogens is 2. The van der Waals surface area contributed by atoms with E-state index in [1.54, 1.807) is 24.2 Å². The Morgan fingerprint density at radius 1 is 1.00 bits per heavy atom. The Balaban J connectivity index is 2.01. The van der Waals surface area contributed by atoms with Crippen molar-refractivity contribution in [3.8, 4) is 0 Å². The van der Waals surface area contributed by atoms with Crippen LogP contribution in [0.1, 0.15) is 22.3 Å². The van der Waals surface area contributed by atoms with Crippen LogP contribution in [-0.4, -0.2) is 9.97 Å². The molecular weight excluding hydrogens is 242 g/mol. The fourth-order valence-electron chi connectivity index (χ4n) is 1.82. The smallest absolute Gasteiger partial charge is 0.187 e. The summed E-state index contributed by atoms with van der Waals surface area (Å²) in [5, 5.41) is 0.798. The predicted octanol–water partition coefficient (Wildman–Crippen LogP) is 2.84. The summed E-state index contributed by atoms with van der Waals surface area (Å²) < 4.78 is 0. The minimum Gasteiger partial charge on any atom is -0.326 e. The van der Waals surface area contributed by atoms with Crippen molar-refractivity contribution >= 4 is 11.8 Å². The molecule has 0 atom stereocenters. The van der Waals surface area contributed by atoms with Gasteiger partial charge in [-0.1, -0.05) is 41.1 Å². The maximum Gasteiger partial charge on any atom is 0.187 e. The van der Waals surface area contributed by atoms with Crippen LogP contribution in [-0.2, 0) is 12.3 Å². The number of thioether (sulfide) groups is 1. The van der Waals surface area contributed by atoms with Gasteiger partial charge < -0.3 is 5.73 Å². The highest BCUT2D eigenvalue weighted by Gasteiger charge is 2.01. The van der Waals surface area contributed by atoms with Crippen molar-refractivity contribution in [1.82, 2.24) is 9.97 Å². The first-order chi connectivity index (χ1) is 8.67. The van der Waals surface area contributed by atoms with Gasteiger partial charge in [-0.3, -0.25) is 0 Å². The number of benzene rings is 1. The average molecular weight is 259 g/mol. The van der Waals surface area contributed by atoms with Crippen molar-refractivity contribution in [3.05, 3.63) is 52.8 Å². The first kappa shape index (κ1) is 13.1. The molecule has 94 valence electrons. The SMILES string of the molecule is Cc1cc(C)cc(CSc2ncc(CN)cn2)c1. The number of nitrogens with two attached hydrogens (primary N) is 1. The van der Waals surface area contributed by atoms with Gasteiger partial charge in [0.2, 0.25) is 0 Å². The molecule has 0 bridgehead atoms. The van der Waals surface area contributed by atoms with E-state index in [2.05, 4.69) is 42.0 Å². The maximum absolute atomic E-state index is 5.51. The molecule has 18 heavy (non-hydrogen) atoms. The topological polar surface area (TPSA) is 51.8 Å². The van der Waals surface area contributed by atoms with E-state index in [4.69, 9.17) is 5.73 Å². The van der Waals surface area contributed by atoms with Crippen LogP contribution in [0.15, 0.2) is 35.7 Å². The Morgan fingerprint density at radius 2 is 1.61 bits per heavy atom. The first-order valence-corrected chi connectivity index (χ1v) is 6.87. The van der Waals surface area contributed by atoms with Crippen LogP contribution in [0.3, 0.4) is 0 Å². The number of nitrogens with zero attached hydrogens (tertiary/aromatic N) is 2. The quantitative estimate of drug-likeness (QED) is 0.677. The fraction of sp³-hybridized carbons (Fsp3) is 0.286. The van der Waals surface area contributed by atoms with Crippen molar-refractivity contribution in [1.29, 1.82) is 0 Å². The van der Waals surface area contributed by atoms with Gasteiger partial charge in [-0.05, 0) is 19.4 Å². The van der Waals surface area contributed by atoms with Crippen molar-refractivity contribution < 1.29 is 0 Å². The van der Waals surface area contributed by atoms with Gasteiger partial charge in [0.05, 0.1) is 0 Å². The second kappa shape index (κ2) is 5.98. The Bertz CT molecular complexity index is 503. The zero-order chi connectivity index (χ0) is 13.0. The Labute approximate surface area is 112 Å². The Kier molecular flexibility index (Phi) is 4.33. The molecule has 0 spiro atoms. The molecule has 2 aromatic rings.